The Morgan fingerprint density at radius 3 is 2.91 bits per heavy atom. The molecule has 1 fully saturated rings. The molecule has 0 aliphatic carbocycles. The standard InChI is InChI=1S/C17H18BrN3O2/c1-3-17(23)21-9-14(11(21)2)19-16(22)10-20-7-6-12-8-13(18)4-5-15(12)20/h3-8,11,14H,1,9-10H2,2H3,(H,19,22). The van der Waals surface area contributed by atoms with E-state index in [2.05, 4.69) is 27.8 Å². The summed E-state index contributed by atoms with van der Waals surface area (Å²) in [6, 6.07) is 7.97. The average Bonchev–Trinajstić information content (AvgIpc) is 2.91. The van der Waals surface area contributed by atoms with E-state index < -0.39 is 0 Å². The second kappa shape index (κ2) is 6.20. The lowest BCUT2D eigenvalue weighted by atomic mass is 9.98. The van der Waals surface area contributed by atoms with Gasteiger partial charge in [-0.15, -0.1) is 0 Å². The van der Waals surface area contributed by atoms with Crippen LogP contribution in [0.3, 0.4) is 0 Å². The van der Waals surface area contributed by atoms with Crippen molar-refractivity contribution in [3.63, 3.8) is 0 Å². The first-order chi connectivity index (χ1) is 11.0. The third-order valence-corrected chi connectivity index (χ3v) is 4.81. The van der Waals surface area contributed by atoms with Crippen LogP contribution in [0, 0.1) is 0 Å². The fourth-order valence-corrected chi connectivity index (χ4v) is 3.28. The molecule has 1 saturated heterocycles. The molecule has 0 radical (unpaired) electrons. The van der Waals surface area contributed by atoms with Gasteiger partial charge in [-0.2, -0.15) is 0 Å². The van der Waals surface area contributed by atoms with Crippen LogP contribution < -0.4 is 5.32 Å². The minimum Gasteiger partial charge on any atom is -0.348 e. The number of benzene rings is 1. The number of halogens is 1. The summed E-state index contributed by atoms with van der Waals surface area (Å²) in [7, 11) is 0. The maximum atomic E-state index is 12.3. The molecule has 3 rings (SSSR count). The number of nitrogens with one attached hydrogen (secondary N) is 1. The Morgan fingerprint density at radius 1 is 1.43 bits per heavy atom. The Morgan fingerprint density at radius 2 is 2.22 bits per heavy atom. The largest absolute Gasteiger partial charge is 0.348 e. The van der Waals surface area contributed by atoms with Gasteiger partial charge in [0, 0.05) is 28.1 Å². The summed E-state index contributed by atoms with van der Waals surface area (Å²) in [5.41, 5.74) is 1.02. The third-order valence-electron chi connectivity index (χ3n) is 4.32. The van der Waals surface area contributed by atoms with Crippen molar-refractivity contribution in [3.8, 4) is 0 Å². The fraction of sp³-hybridized carbons (Fsp3) is 0.294. The molecule has 1 N–H and O–H groups in total. The number of carbonyl (C=O) groups is 2. The van der Waals surface area contributed by atoms with E-state index in [1.165, 1.54) is 6.08 Å². The van der Waals surface area contributed by atoms with Crippen LogP contribution in [-0.4, -0.2) is 39.9 Å². The number of hydrogen-bond donors (Lipinski definition) is 1. The minimum absolute atomic E-state index is 0.00168. The van der Waals surface area contributed by atoms with Crippen LogP contribution in [0.15, 0.2) is 47.6 Å². The maximum absolute atomic E-state index is 12.3. The molecule has 5 nitrogen and oxygen atoms in total. The lowest BCUT2D eigenvalue weighted by molar-refractivity contribution is -0.137. The van der Waals surface area contributed by atoms with Crippen LogP contribution in [0.5, 0.6) is 0 Å². The summed E-state index contributed by atoms with van der Waals surface area (Å²) in [4.78, 5) is 25.5. The quantitative estimate of drug-likeness (QED) is 0.833. The summed E-state index contributed by atoms with van der Waals surface area (Å²) in [5, 5.41) is 4.08. The van der Waals surface area contributed by atoms with Crippen molar-refractivity contribution in [2.24, 2.45) is 0 Å². The van der Waals surface area contributed by atoms with Crippen LogP contribution in [0.2, 0.25) is 0 Å². The monoisotopic (exact) mass is 375 g/mol. The van der Waals surface area contributed by atoms with E-state index in [1.54, 1.807) is 4.90 Å². The number of nitrogens with zero attached hydrogens (tertiary/aromatic N) is 2. The fourth-order valence-electron chi connectivity index (χ4n) is 2.90. The summed E-state index contributed by atoms with van der Waals surface area (Å²) < 4.78 is 2.94. The Kier molecular flexibility index (Phi) is 4.26. The highest BCUT2D eigenvalue weighted by atomic mass is 79.9. The topological polar surface area (TPSA) is 54.3 Å². The molecule has 1 aromatic carbocycles. The Bertz CT molecular complexity index is 783. The molecule has 2 heterocycles. The molecule has 0 spiro atoms. The number of amides is 2. The first-order valence-electron chi connectivity index (χ1n) is 7.46. The van der Waals surface area contributed by atoms with Gasteiger partial charge in [-0.05, 0) is 37.3 Å². The summed E-state index contributed by atoms with van der Waals surface area (Å²) >= 11 is 3.44. The van der Waals surface area contributed by atoms with Crippen LogP contribution in [0.4, 0.5) is 0 Å². The van der Waals surface area contributed by atoms with Crippen molar-refractivity contribution in [1.82, 2.24) is 14.8 Å². The maximum Gasteiger partial charge on any atom is 0.246 e. The van der Waals surface area contributed by atoms with E-state index in [0.29, 0.717) is 6.54 Å². The summed E-state index contributed by atoms with van der Waals surface area (Å²) in [5.74, 6) is -0.141. The first-order valence-corrected chi connectivity index (χ1v) is 8.25. The Hall–Kier alpha value is -2.08. The van der Waals surface area contributed by atoms with Gasteiger partial charge in [-0.1, -0.05) is 22.5 Å². The highest BCUT2D eigenvalue weighted by Gasteiger charge is 2.38. The van der Waals surface area contributed by atoms with Gasteiger partial charge >= 0.3 is 0 Å². The normalized spacial score (nSPS) is 20.2. The van der Waals surface area contributed by atoms with Gasteiger partial charge < -0.3 is 14.8 Å². The molecule has 2 aromatic rings. The lowest BCUT2D eigenvalue weighted by Crippen LogP contribution is -2.66. The molecular formula is C17H18BrN3O2. The van der Waals surface area contributed by atoms with E-state index >= 15 is 0 Å². The highest BCUT2D eigenvalue weighted by molar-refractivity contribution is 9.10. The molecule has 23 heavy (non-hydrogen) atoms. The second-order valence-corrected chi connectivity index (χ2v) is 6.67. The Labute approximate surface area is 143 Å². The summed E-state index contributed by atoms with van der Waals surface area (Å²) in [6.07, 6.45) is 3.22. The van der Waals surface area contributed by atoms with Crippen molar-refractivity contribution in [2.75, 3.05) is 6.54 Å². The second-order valence-electron chi connectivity index (χ2n) is 5.76. The molecule has 1 aromatic heterocycles. The molecule has 2 unspecified atom stereocenters. The average molecular weight is 376 g/mol. The van der Waals surface area contributed by atoms with Gasteiger partial charge in [0.1, 0.15) is 6.54 Å². The number of fused-ring (bicyclic) bond motifs is 1. The molecule has 2 amide bonds. The van der Waals surface area contributed by atoms with Crippen molar-refractivity contribution in [1.29, 1.82) is 0 Å². The van der Waals surface area contributed by atoms with E-state index in [9.17, 15) is 9.59 Å². The zero-order valence-corrected chi connectivity index (χ0v) is 14.4. The van der Waals surface area contributed by atoms with Gasteiger partial charge in [0.05, 0.1) is 12.1 Å². The van der Waals surface area contributed by atoms with Crippen molar-refractivity contribution >= 4 is 38.6 Å². The smallest absolute Gasteiger partial charge is 0.246 e. The minimum atomic E-state index is -0.0926. The zero-order valence-electron chi connectivity index (χ0n) is 12.8. The SMILES string of the molecule is C=CC(=O)N1CC(NC(=O)Cn2ccc3cc(Br)ccc32)C1C. The van der Waals surface area contributed by atoms with Gasteiger partial charge in [0.15, 0.2) is 0 Å². The molecule has 0 bridgehead atoms. The van der Waals surface area contributed by atoms with Gasteiger partial charge in [0.2, 0.25) is 11.8 Å². The molecule has 1 aliphatic heterocycles. The molecule has 2 atom stereocenters. The molecule has 6 heteroatoms. The number of carbonyl (C=O) groups excluding carboxylic acids is 2. The van der Waals surface area contributed by atoms with Crippen molar-refractivity contribution in [3.05, 3.63) is 47.6 Å². The van der Waals surface area contributed by atoms with Crippen LogP contribution in [0.1, 0.15) is 6.92 Å². The predicted octanol–water partition coefficient (Wildman–Crippen LogP) is 2.31. The molecule has 1 aliphatic rings. The van der Waals surface area contributed by atoms with E-state index in [-0.39, 0.29) is 30.4 Å². The van der Waals surface area contributed by atoms with Crippen molar-refractivity contribution < 1.29 is 9.59 Å². The number of aromatic nitrogens is 1. The third kappa shape index (κ3) is 3.03. The predicted molar refractivity (Wildman–Crippen MR) is 92.9 cm³/mol. The van der Waals surface area contributed by atoms with E-state index in [0.717, 1.165) is 15.4 Å². The number of hydrogen-bond acceptors (Lipinski definition) is 2. The molecular weight excluding hydrogens is 358 g/mol. The first kappa shape index (κ1) is 15.8. The molecule has 120 valence electrons. The van der Waals surface area contributed by atoms with E-state index in [4.69, 9.17) is 0 Å². The van der Waals surface area contributed by atoms with Crippen LogP contribution in [-0.2, 0) is 16.1 Å². The number of rotatable bonds is 4. The van der Waals surface area contributed by atoms with Gasteiger partial charge in [-0.25, -0.2) is 0 Å². The van der Waals surface area contributed by atoms with E-state index in [1.807, 2.05) is 42.0 Å². The lowest BCUT2D eigenvalue weighted by Gasteiger charge is -2.46. The highest BCUT2D eigenvalue weighted by Crippen LogP contribution is 2.21. The molecule has 0 saturated carbocycles. The van der Waals surface area contributed by atoms with Crippen LogP contribution >= 0.6 is 15.9 Å². The van der Waals surface area contributed by atoms with Crippen molar-refractivity contribution in [2.45, 2.75) is 25.6 Å². The summed E-state index contributed by atoms with van der Waals surface area (Å²) in [6.45, 7) is 6.22. The van der Waals surface area contributed by atoms with Gasteiger partial charge in [0.25, 0.3) is 0 Å². The Balaban J connectivity index is 1.62. The van der Waals surface area contributed by atoms with Crippen LogP contribution in [0.25, 0.3) is 10.9 Å². The number of likely N-dealkylation sites (tertiary alicyclic amines) is 1. The van der Waals surface area contributed by atoms with Gasteiger partial charge in [-0.3, -0.25) is 9.59 Å². The zero-order chi connectivity index (χ0) is 16.6.